The molecule has 2 aromatic carbocycles. The Bertz CT molecular complexity index is 1340. The van der Waals surface area contributed by atoms with Crippen LogP contribution in [0.5, 0.6) is 11.5 Å². The van der Waals surface area contributed by atoms with E-state index < -0.39 is 10.0 Å². The van der Waals surface area contributed by atoms with Crippen molar-refractivity contribution in [3.05, 3.63) is 42.0 Å². The van der Waals surface area contributed by atoms with E-state index in [0.29, 0.717) is 47.4 Å². The number of anilines is 1. The lowest BCUT2D eigenvalue weighted by molar-refractivity contribution is 0.0978. The topological polar surface area (TPSA) is 102 Å². The number of carbonyl (C=O) groups excluding carboxylic acids is 1. The molecule has 1 unspecified atom stereocenters. The number of carbonyl (C=O) groups is 1. The summed E-state index contributed by atoms with van der Waals surface area (Å²) >= 11 is 1.36. The highest BCUT2D eigenvalue weighted by atomic mass is 32.2. The monoisotopic (exact) mass is 576 g/mol. The SMILES string of the molecule is COc1ccc(OC)c2sc(N(CCCN(C)C)C(=O)c3ccc(S(=O)(=O)N(C)CC4CCCO4)cc3)nc12. The van der Waals surface area contributed by atoms with Crippen molar-refractivity contribution in [2.75, 3.05) is 66.5 Å². The molecular formula is C27H36N4O6S2. The molecule has 0 N–H and O–H groups in total. The fourth-order valence-corrected chi connectivity index (χ4v) is 6.80. The van der Waals surface area contributed by atoms with Gasteiger partial charge in [0.05, 0.1) is 25.2 Å². The van der Waals surface area contributed by atoms with Crippen molar-refractivity contribution in [1.82, 2.24) is 14.2 Å². The molecule has 0 bridgehead atoms. The van der Waals surface area contributed by atoms with Gasteiger partial charge in [0.1, 0.15) is 21.7 Å². The van der Waals surface area contributed by atoms with E-state index in [0.717, 1.165) is 30.5 Å². The Morgan fingerprint density at radius 3 is 2.36 bits per heavy atom. The number of hydrogen-bond acceptors (Lipinski definition) is 9. The minimum Gasteiger partial charge on any atom is -0.495 e. The second-order valence-electron chi connectivity index (χ2n) is 9.70. The van der Waals surface area contributed by atoms with Crippen LogP contribution in [0.3, 0.4) is 0 Å². The maximum absolute atomic E-state index is 13.8. The molecule has 10 nitrogen and oxygen atoms in total. The zero-order chi connectivity index (χ0) is 28.2. The first-order valence-electron chi connectivity index (χ1n) is 12.8. The summed E-state index contributed by atoms with van der Waals surface area (Å²) in [6.07, 6.45) is 2.42. The maximum atomic E-state index is 13.8. The molecular weight excluding hydrogens is 540 g/mol. The second kappa shape index (κ2) is 12.6. The van der Waals surface area contributed by atoms with Crippen molar-refractivity contribution < 1.29 is 27.4 Å². The fraction of sp³-hybridized carbons (Fsp3) is 0.481. The molecule has 2 heterocycles. The molecule has 1 aliphatic heterocycles. The van der Waals surface area contributed by atoms with Gasteiger partial charge in [-0.1, -0.05) is 11.3 Å². The molecule has 39 heavy (non-hydrogen) atoms. The molecule has 0 spiro atoms. The first-order valence-corrected chi connectivity index (χ1v) is 15.1. The number of nitrogens with zero attached hydrogens (tertiary/aromatic N) is 4. The first-order chi connectivity index (χ1) is 18.6. The predicted molar refractivity (Wildman–Crippen MR) is 153 cm³/mol. The van der Waals surface area contributed by atoms with Crippen LogP contribution in [0, 0.1) is 0 Å². The van der Waals surface area contributed by atoms with E-state index >= 15 is 0 Å². The Kier molecular flexibility index (Phi) is 9.44. The van der Waals surface area contributed by atoms with Gasteiger partial charge in [0, 0.05) is 32.3 Å². The Morgan fingerprint density at radius 2 is 1.74 bits per heavy atom. The number of rotatable bonds is 12. The summed E-state index contributed by atoms with van der Waals surface area (Å²) in [5.41, 5.74) is 0.997. The van der Waals surface area contributed by atoms with Crippen molar-refractivity contribution in [1.29, 1.82) is 0 Å². The van der Waals surface area contributed by atoms with Gasteiger partial charge in [-0.25, -0.2) is 13.4 Å². The molecule has 12 heteroatoms. The number of benzene rings is 2. The van der Waals surface area contributed by atoms with E-state index in [1.54, 1.807) is 44.4 Å². The summed E-state index contributed by atoms with van der Waals surface area (Å²) < 4.78 is 44.9. The molecule has 1 fully saturated rings. The highest BCUT2D eigenvalue weighted by molar-refractivity contribution is 7.89. The number of amides is 1. The van der Waals surface area contributed by atoms with Crippen LogP contribution >= 0.6 is 11.3 Å². The Morgan fingerprint density at radius 1 is 1.05 bits per heavy atom. The molecule has 0 aliphatic carbocycles. The number of thiazole rings is 1. The average molecular weight is 577 g/mol. The van der Waals surface area contributed by atoms with Gasteiger partial charge in [0.2, 0.25) is 10.0 Å². The van der Waals surface area contributed by atoms with Crippen molar-refractivity contribution >= 4 is 42.6 Å². The molecule has 1 atom stereocenters. The van der Waals surface area contributed by atoms with Crippen LogP contribution in [0.2, 0.25) is 0 Å². The standard InChI is InChI=1S/C27H36N4O6S2/c1-29(2)15-7-16-31(27-28-24-22(35-4)13-14-23(36-5)25(24)38-27)26(32)19-9-11-21(12-10-19)39(33,34)30(3)18-20-8-6-17-37-20/h9-14,20H,6-8,15-18H2,1-5H3. The van der Waals surface area contributed by atoms with Crippen LogP contribution in [0.4, 0.5) is 5.13 Å². The zero-order valence-electron chi connectivity index (χ0n) is 23.0. The van der Waals surface area contributed by atoms with Gasteiger partial charge in [-0.2, -0.15) is 4.31 Å². The lowest BCUT2D eigenvalue weighted by atomic mass is 10.2. The highest BCUT2D eigenvalue weighted by Gasteiger charge is 2.28. The molecule has 4 rings (SSSR count). The summed E-state index contributed by atoms with van der Waals surface area (Å²) in [6, 6.07) is 9.69. The van der Waals surface area contributed by atoms with Crippen LogP contribution in [0.25, 0.3) is 10.2 Å². The van der Waals surface area contributed by atoms with Gasteiger partial charge < -0.3 is 19.1 Å². The molecule has 1 aromatic heterocycles. The third-order valence-corrected chi connectivity index (χ3v) is 9.59. The third-order valence-electron chi connectivity index (χ3n) is 6.66. The summed E-state index contributed by atoms with van der Waals surface area (Å²) in [7, 11) is 4.97. The van der Waals surface area contributed by atoms with E-state index in [1.165, 1.54) is 27.8 Å². The normalized spacial score (nSPS) is 15.8. The summed E-state index contributed by atoms with van der Waals surface area (Å²) in [5, 5.41) is 0.518. The maximum Gasteiger partial charge on any atom is 0.260 e. The molecule has 1 saturated heterocycles. The minimum atomic E-state index is -3.71. The van der Waals surface area contributed by atoms with E-state index in [9.17, 15) is 13.2 Å². The number of likely N-dealkylation sites (N-methyl/N-ethyl adjacent to an activating group) is 1. The molecule has 212 valence electrons. The summed E-state index contributed by atoms with van der Waals surface area (Å²) in [5.74, 6) is 0.981. The molecule has 0 radical (unpaired) electrons. The van der Waals surface area contributed by atoms with Crippen LogP contribution in [0.15, 0.2) is 41.3 Å². The Hall–Kier alpha value is -2.77. The second-order valence-corrected chi connectivity index (χ2v) is 12.7. The number of aromatic nitrogens is 1. The largest absolute Gasteiger partial charge is 0.495 e. The van der Waals surface area contributed by atoms with Crippen LogP contribution in [-0.4, -0.2) is 96.2 Å². The van der Waals surface area contributed by atoms with Gasteiger partial charge >= 0.3 is 0 Å². The van der Waals surface area contributed by atoms with E-state index in [4.69, 9.17) is 19.2 Å². The quantitative estimate of drug-likeness (QED) is 0.322. The van der Waals surface area contributed by atoms with Crippen molar-refractivity contribution in [3.63, 3.8) is 0 Å². The van der Waals surface area contributed by atoms with Crippen LogP contribution in [-0.2, 0) is 14.8 Å². The fourth-order valence-electron chi connectivity index (χ4n) is 4.50. The Labute approximate surface area is 234 Å². The van der Waals surface area contributed by atoms with Crippen LogP contribution < -0.4 is 14.4 Å². The van der Waals surface area contributed by atoms with E-state index in [2.05, 4.69) is 4.90 Å². The first kappa shape index (κ1) is 29.2. The van der Waals surface area contributed by atoms with Crippen molar-refractivity contribution in [2.24, 2.45) is 0 Å². The van der Waals surface area contributed by atoms with Gasteiger partial charge in [-0.15, -0.1) is 0 Å². The zero-order valence-corrected chi connectivity index (χ0v) is 24.7. The molecule has 0 saturated carbocycles. The molecule has 3 aromatic rings. The number of fused-ring (bicyclic) bond motifs is 1. The van der Waals surface area contributed by atoms with Gasteiger partial charge in [-0.3, -0.25) is 9.69 Å². The average Bonchev–Trinajstić information content (AvgIpc) is 3.60. The van der Waals surface area contributed by atoms with Crippen molar-refractivity contribution in [2.45, 2.75) is 30.3 Å². The number of sulfonamides is 1. The van der Waals surface area contributed by atoms with Crippen molar-refractivity contribution in [3.8, 4) is 11.5 Å². The van der Waals surface area contributed by atoms with Gasteiger partial charge in [0.15, 0.2) is 5.13 Å². The van der Waals surface area contributed by atoms with E-state index in [-0.39, 0.29) is 16.9 Å². The highest BCUT2D eigenvalue weighted by Crippen LogP contribution is 2.40. The lowest BCUT2D eigenvalue weighted by Crippen LogP contribution is -2.34. The summed E-state index contributed by atoms with van der Waals surface area (Å²) in [4.78, 5) is 22.4. The van der Waals surface area contributed by atoms with Crippen LogP contribution in [0.1, 0.15) is 29.6 Å². The Balaban J connectivity index is 1.62. The molecule has 1 amide bonds. The lowest BCUT2D eigenvalue weighted by Gasteiger charge is -2.22. The van der Waals surface area contributed by atoms with Gasteiger partial charge in [-0.05, 0) is 76.3 Å². The number of hydrogen-bond donors (Lipinski definition) is 0. The van der Waals surface area contributed by atoms with E-state index in [1.807, 2.05) is 20.2 Å². The third kappa shape index (κ3) is 6.52. The molecule has 1 aliphatic rings. The number of ether oxygens (including phenoxy) is 3. The predicted octanol–water partition coefficient (Wildman–Crippen LogP) is 3.71. The van der Waals surface area contributed by atoms with Gasteiger partial charge in [0.25, 0.3) is 5.91 Å². The summed E-state index contributed by atoms with van der Waals surface area (Å²) in [6.45, 7) is 2.18. The minimum absolute atomic E-state index is 0.0904. The number of methoxy groups -OCH3 is 2. The smallest absolute Gasteiger partial charge is 0.260 e.